The molecule has 23 heavy (non-hydrogen) atoms. The number of hydrogen-bond acceptors (Lipinski definition) is 5. The molecular weight excluding hydrogens is 288 g/mol. The van der Waals surface area contributed by atoms with Gasteiger partial charge in [-0.05, 0) is 30.6 Å². The first-order valence-electron chi connectivity index (χ1n) is 8.20. The first-order chi connectivity index (χ1) is 11.3. The fourth-order valence-electron chi connectivity index (χ4n) is 2.39. The van der Waals surface area contributed by atoms with Crippen LogP contribution in [0.1, 0.15) is 23.2 Å². The molecule has 0 saturated heterocycles. The highest BCUT2D eigenvalue weighted by Crippen LogP contribution is 2.04. The zero-order chi connectivity index (χ0) is 16.3. The summed E-state index contributed by atoms with van der Waals surface area (Å²) in [5, 5.41) is 6.79. The van der Waals surface area contributed by atoms with Gasteiger partial charge in [-0.15, -0.1) is 0 Å². The zero-order valence-electron chi connectivity index (χ0n) is 13.6. The summed E-state index contributed by atoms with van der Waals surface area (Å²) in [6, 6.07) is 8.73. The standard InChI is InChI=1S/C17H28N6/c18-6-1-7-20-9-14-2-4-15(5-3-14)10-21-11-16(19)8-17-12-22-13-23-17/h2-5,12-13,16,20-21H,1,6-11,18-19H2,(H,22,23). The van der Waals surface area contributed by atoms with Crippen molar-refractivity contribution in [1.82, 2.24) is 20.6 Å². The highest BCUT2D eigenvalue weighted by Gasteiger charge is 2.04. The molecule has 2 aromatic rings. The van der Waals surface area contributed by atoms with E-state index < -0.39 is 0 Å². The topological polar surface area (TPSA) is 105 Å². The molecule has 6 nitrogen and oxygen atoms in total. The van der Waals surface area contributed by atoms with E-state index >= 15 is 0 Å². The minimum absolute atomic E-state index is 0.0847. The van der Waals surface area contributed by atoms with Crippen LogP contribution in [0, 0.1) is 0 Å². The third kappa shape index (κ3) is 6.92. The molecular formula is C17H28N6. The minimum Gasteiger partial charge on any atom is -0.348 e. The number of imidazole rings is 1. The highest BCUT2D eigenvalue weighted by molar-refractivity contribution is 5.22. The number of rotatable bonds is 11. The molecule has 7 N–H and O–H groups in total. The SMILES string of the molecule is NCCCNCc1ccc(CNCC(N)Cc2cnc[nH]2)cc1. The van der Waals surface area contributed by atoms with Gasteiger partial charge < -0.3 is 27.1 Å². The zero-order valence-corrected chi connectivity index (χ0v) is 13.6. The summed E-state index contributed by atoms with van der Waals surface area (Å²) < 4.78 is 0. The van der Waals surface area contributed by atoms with Crippen molar-refractivity contribution in [3.05, 3.63) is 53.6 Å². The van der Waals surface area contributed by atoms with Crippen LogP contribution >= 0.6 is 0 Å². The summed E-state index contributed by atoms with van der Waals surface area (Å²) in [6.45, 7) is 4.20. The van der Waals surface area contributed by atoms with Crippen molar-refractivity contribution in [3.8, 4) is 0 Å². The van der Waals surface area contributed by atoms with E-state index in [4.69, 9.17) is 11.5 Å². The lowest BCUT2D eigenvalue weighted by molar-refractivity contribution is 0.569. The number of benzene rings is 1. The highest BCUT2D eigenvalue weighted by atomic mass is 14.9. The van der Waals surface area contributed by atoms with Gasteiger partial charge in [0.2, 0.25) is 0 Å². The fourth-order valence-corrected chi connectivity index (χ4v) is 2.39. The second-order valence-electron chi connectivity index (χ2n) is 5.81. The molecule has 0 saturated carbocycles. The van der Waals surface area contributed by atoms with E-state index in [-0.39, 0.29) is 6.04 Å². The fraction of sp³-hybridized carbons (Fsp3) is 0.471. The van der Waals surface area contributed by atoms with Crippen LogP contribution in [0.25, 0.3) is 0 Å². The summed E-state index contributed by atoms with van der Waals surface area (Å²) in [5.41, 5.74) is 15.2. The average molecular weight is 316 g/mol. The van der Waals surface area contributed by atoms with Gasteiger partial charge in [-0.2, -0.15) is 0 Å². The Morgan fingerprint density at radius 3 is 2.39 bits per heavy atom. The average Bonchev–Trinajstić information content (AvgIpc) is 3.06. The predicted octanol–water partition coefficient (Wildman–Crippen LogP) is 0.508. The normalized spacial score (nSPS) is 12.4. The molecule has 0 amide bonds. The van der Waals surface area contributed by atoms with E-state index in [1.54, 1.807) is 6.33 Å². The number of nitrogens with one attached hydrogen (secondary N) is 3. The van der Waals surface area contributed by atoms with Gasteiger partial charge in [-0.3, -0.25) is 0 Å². The molecule has 0 bridgehead atoms. The second kappa shape index (κ2) is 10.1. The molecule has 0 radical (unpaired) electrons. The molecule has 0 aliphatic rings. The Hall–Kier alpha value is -1.73. The summed E-state index contributed by atoms with van der Waals surface area (Å²) in [5.74, 6) is 0. The number of H-pyrrole nitrogens is 1. The van der Waals surface area contributed by atoms with Crippen LogP contribution in [-0.2, 0) is 19.5 Å². The van der Waals surface area contributed by atoms with Gasteiger partial charge in [-0.1, -0.05) is 24.3 Å². The summed E-state index contributed by atoms with van der Waals surface area (Å²) in [6.07, 6.45) is 5.32. The van der Waals surface area contributed by atoms with Crippen molar-refractivity contribution in [1.29, 1.82) is 0 Å². The number of aromatic amines is 1. The maximum atomic E-state index is 6.11. The maximum absolute atomic E-state index is 6.11. The number of aromatic nitrogens is 2. The Labute approximate surface area is 138 Å². The van der Waals surface area contributed by atoms with Crippen molar-refractivity contribution < 1.29 is 0 Å². The van der Waals surface area contributed by atoms with Crippen LogP contribution in [0.5, 0.6) is 0 Å². The molecule has 1 heterocycles. The van der Waals surface area contributed by atoms with Crippen LogP contribution in [-0.4, -0.2) is 35.6 Å². The number of nitrogens with zero attached hydrogens (tertiary/aromatic N) is 1. The van der Waals surface area contributed by atoms with Crippen LogP contribution in [0.2, 0.25) is 0 Å². The summed E-state index contributed by atoms with van der Waals surface area (Å²) in [4.78, 5) is 7.08. The molecule has 2 rings (SSSR count). The first-order valence-corrected chi connectivity index (χ1v) is 8.20. The maximum Gasteiger partial charge on any atom is 0.0921 e. The van der Waals surface area contributed by atoms with Gasteiger partial charge in [0.05, 0.1) is 6.33 Å². The van der Waals surface area contributed by atoms with Crippen molar-refractivity contribution >= 4 is 0 Å². The van der Waals surface area contributed by atoms with Gasteiger partial charge in [0, 0.05) is 44.0 Å². The monoisotopic (exact) mass is 316 g/mol. The van der Waals surface area contributed by atoms with Crippen molar-refractivity contribution in [2.75, 3.05) is 19.6 Å². The van der Waals surface area contributed by atoms with Gasteiger partial charge in [0.15, 0.2) is 0 Å². The van der Waals surface area contributed by atoms with Crippen LogP contribution in [0.3, 0.4) is 0 Å². The third-order valence-corrected chi connectivity index (χ3v) is 3.68. The van der Waals surface area contributed by atoms with Gasteiger partial charge >= 0.3 is 0 Å². The van der Waals surface area contributed by atoms with Crippen LogP contribution in [0.15, 0.2) is 36.8 Å². The molecule has 0 spiro atoms. The Balaban J connectivity index is 1.63. The Morgan fingerprint density at radius 1 is 1.09 bits per heavy atom. The molecule has 1 atom stereocenters. The van der Waals surface area contributed by atoms with E-state index in [1.165, 1.54) is 11.1 Å². The molecule has 1 aromatic heterocycles. The Morgan fingerprint density at radius 2 is 1.78 bits per heavy atom. The largest absolute Gasteiger partial charge is 0.348 e. The predicted molar refractivity (Wildman–Crippen MR) is 93.8 cm³/mol. The minimum atomic E-state index is 0.0847. The molecule has 0 aliphatic heterocycles. The smallest absolute Gasteiger partial charge is 0.0921 e. The third-order valence-electron chi connectivity index (χ3n) is 3.68. The van der Waals surface area contributed by atoms with Crippen molar-refractivity contribution in [2.24, 2.45) is 11.5 Å². The molecule has 0 fully saturated rings. The molecule has 6 heteroatoms. The summed E-state index contributed by atoms with van der Waals surface area (Å²) in [7, 11) is 0. The summed E-state index contributed by atoms with van der Waals surface area (Å²) >= 11 is 0. The lowest BCUT2D eigenvalue weighted by atomic mass is 10.1. The van der Waals surface area contributed by atoms with Gasteiger partial charge in [-0.25, -0.2) is 4.98 Å². The van der Waals surface area contributed by atoms with Crippen LogP contribution < -0.4 is 22.1 Å². The molecule has 1 aromatic carbocycles. The van der Waals surface area contributed by atoms with E-state index in [2.05, 4.69) is 44.9 Å². The second-order valence-corrected chi connectivity index (χ2v) is 5.81. The van der Waals surface area contributed by atoms with Crippen molar-refractivity contribution in [3.63, 3.8) is 0 Å². The Kier molecular flexibility index (Phi) is 7.75. The number of nitrogens with two attached hydrogens (primary N) is 2. The molecule has 126 valence electrons. The van der Waals surface area contributed by atoms with E-state index in [1.807, 2.05) is 6.20 Å². The van der Waals surface area contributed by atoms with E-state index in [0.29, 0.717) is 0 Å². The molecule has 0 aliphatic carbocycles. The first kappa shape index (κ1) is 17.6. The lowest BCUT2D eigenvalue weighted by Crippen LogP contribution is -2.35. The van der Waals surface area contributed by atoms with E-state index in [9.17, 15) is 0 Å². The van der Waals surface area contributed by atoms with E-state index in [0.717, 1.165) is 51.3 Å². The molecule has 1 unspecified atom stereocenters. The van der Waals surface area contributed by atoms with Crippen molar-refractivity contribution in [2.45, 2.75) is 32.0 Å². The Bertz CT molecular complexity index is 523. The quantitative estimate of drug-likeness (QED) is 0.389. The lowest BCUT2D eigenvalue weighted by Gasteiger charge is -2.12. The van der Waals surface area contributed by atoms with Gasteiger partial charge in [0.1, 0.15) is 0 Å². The number of hydrogen-bond donors (Lipinski definition) is 5. The van der Waals surface area contributed by atoms with Crippen LogP contribution in [0.4, 0.5) is 0 Å². The van der Waals surface area contributed by atoms with Gasteiger partial charge in [0.25, 0.3) is 0 Å².